The summed E-state index contributed by atoms with van der Waals surface area (Å²) in [6.45, 7) is 3.91. The molecule has 1 aromatic heterocycles. The average molecular weight is 210 g/mol. The van der Waals surface area contributed by atoms with Crippen LogP contribution in [0.3, 0.4) is 0 Å². The molecular weight excluding hydrogens is 192 g/mol. The number of nitrogens with one attached hydrogen (secondary N) is 2. The SMILES string of the molecule is CCCNC(=O)CNCCc1ccco1. The molecule has 84 valence electrons. The first kappa shape index (κ1) is 11.8. The third kappa shape index (κ3) is 5.22. The van der Waals surface area contributed by atoms with Gasteiger partial charge in [-0.1, -0.05) is 6.92 Å². The van der Waals surface area contributed by atoms with E-state index in [9.17, 15) is 4.79 Å². The molecule has 1 heterocycles. The van der Waals surface area contributed by atoms with Crippen molar-refractivity contribution in [2.24, 2.45) is 0 Å². The highest BCUT2D eigenvalue weighted by molar-refractivity contribution is 5.77. The minimum atomic E-state index is 0.0521. The molecule has 0 unspecified atom stereocenters. The van der Waals surface area contributed by atoms with E-state index in [2.05, 4.69) is 10.6 Å². The summed E-state index contributed by atoms with van der Waals surface area (Å²) >= 11 is 0. The highest BCUT2D eigenvalue weighted by atomic mass is 16.3. The van der Waals surface area contributed by atoms with Crippen LogP contribution < -0.4 is 10.6 Å². The highest BCUT2D eigenvalue weighted by Gasteiger charge is 1.99. The Morgan fingerprint density at radius 2 is 2.33 bits per heavy atom. The molecule has 0 spiro atoms. The Morgan fingerprint density at radius 3 is 3.00 bits per heavy atom. The number of furan rings is 1. The van der Waals surface area contributed by atoms with Gasteiger partial charge in [-0.3, -0.25) is 4.79 Å². The maximum Gasteiger partial charge on any atom is 0.233 e. The van der Waals surface area contributed by atoms with Crippen LogP contribution >= 0.6 is 0 Å². The molecule has 4 heteroatoms. The molecule has 0 aromatic carbocycles. The van der Waals surface area contributed by atoms with E-state index < -0.39 is 0 Å². The summed E-state index contributed by atoms with van der Waals surface area (Å²) in [5.74, 6) is 0.993. The summed E-state index contributed by atoms with van der Waals surface area (Å²) in [7, 11) is 0. The van der Waals surface area contributed by atoms with Crippen molar-refractivity contribution < 1.29 is 9.21 Å². The first-order chi connectivity index (χ1) is 7.33. The van der Waals surface area contributed by atoms with Gasteiger partial charge in [0, 0.05) is 19.5 Å². The standard InChI is InChI=1S/C11H18N2O2/c1-2-6-13-11(14)9-12-7-5-10-4-3-8-15-10/h3-4,8,12H,2,5-7,9H2,1H3,(H,13,14). The lowest BCUT2D eigenvalue weighted by molar-refractivity contribution is -0.120. The van der Waals surface area contributed by atoms with Crippen LogP contribution in [-0.2, 0) is 11.2 Å². The van der Waals surface area contributed by atoms with Gasteiger partial charge in [0.05, 0.1) is 12.8 Å². The molecule has 0 saturated carbocycles. The number of amides is 1. The van der Waals surface area contributed by atoms with E-state index in [1.54, 1.807) is 6.26 Å². The smallest absolute Gasteiger partial charge is 0.233 e. The van der Waals surface area contributed by atoms with Crippen molar-refractivity contribution in [3.05, 3.63) is 24.2 Å². The van der Waals surface area contributed by atoms with Gasteiger partial charge >= 0.3 is 0 Å². The summed E-state index contributed by atoms with van der Waals surface area (Å²) in [6.07, 6.45) is 3.44. The molecule has 0 saturated heterocycles. The van der Waals surface area contributed by atoms with Gasteiger partial charge in [-0.15, -0.1) is 0 Å². The predicted molar refractivity (Wildman–Crippen MR) is 58.6 cm³/mol. The second kappa shape index (κ2) is 7.06. The maximum absolute atomic E-state index is 11.2. The zero-order valence-electron chi connectivity index (χ0n) is 9.08. The van der Waals surface area contributed by atoms with E-state index in [0.29, 0.717) is 6.54 Å². The fraction of sp³-hybridized carbons (Fsp3) is 0.545. The Kier molecular flexibility index (Phi) is 5.55. The Morgan fingerprint density at radius 1 is 1.47 bits per heavy atom. The van der Waals surface area contributed by atoms with Crippen LogP contribution in [0.25, 0.3) is 0 Å². The van der Waals surface area contributed by atoms with Gasteiger partial charge in [-0.2, -0.15) is 0 Å². The summed E-state index contributed by atoms with van der Waals surface area (Å²) < 4.78 is 5.16. The number of carbonyl (C=O) groups excluding carboxylic acids is 1. The summed E-state index contributed by atoms with van der Waals surface area (Å²) in [5.41, 5.74) is 0. The number of hydrogen-bond donors (Lipinski definition) is 2. The number of rotatable bonds is 7. The molecule has 0 fully saturated rings. The minimum Gasteiger partial charge on any atom is -0.469 e. The van der Waals surface area contributed by atoms with Crippen LogP contribution in [0.1, 0.15) is 19.1 Å². The lowest BCUT2D eigenvalue weighted by atomic mass is 10.3. The topological polar surface area (TPSA) is 54.3 Å². The van der Waals surface area contributed by atoms with E-state index in [4.69, 9.17) is 4.42 Å². The molecule has 0 aliphatic carbocycles. The maximum atomic E-state index is 11.2. The lowest BCUT2D eigenvalue weighted by Gasteiger charge is -2.04. The van der Waals surface area contributed by atoms with Crippen molar-refractivity contribution in [2.45, 2.75) is 19.8 Å². The Bertz CT molecular complexity index is 270. The van der Waals surface area contributed by atoms with E-state index >= 15 is 0 Å². The van der Waals surface area contributed by atoms with Crippen LogP contribution in [0.4, 0.5) is 0 Å². The molecule has 0 aliphatic rings. The molecule has 4 nitrogen and oxygen atoms in total. The van der Waals surface area contributed by atoms with Crippen LogP contribution in [0.2, 0.25) is 0 Å². The fourth-order valence-corrected chi connectivity index (χ4v) is 1.20. The number of carbonyl (C=O) groups is 1. The molecule has 0 bridgehead atoms. The van der Waals surface area contributed by atoms with Gasteiger partial charge in [0.1, 0.15) is 5.76 Å². The third-order valence-corrected chi connectivity index (χ3v) is 1.99. The summed E-state index contributed by atoms with van der Waals surface area (Å²) in [5, 5.41) is 5.86. The molecule has 1 amide bonds. The first-order valence-electron chi connectivity index (χ1n) is 5.32. The van der Waals surface area contributed by atoms with Crippen LogP contribution in [0, 0.1) is 0 Å². The van der Waals surface area contributed by atoms with Crippen LogP contribution in [0.15, 0.2) is 22.8 Å². The molecule has 2 N–H and O–H groups in total. The van der Waals surface area contributed by atoms with Crippen molar-refractivity contribution in [2.75, 3.05) is 19.6 Å². The van der Waals surface area contributed by atoms with Gasteiger partial charge < -0.3 is 15.1 Å². The number of hydrogen-bond acceptors (Lipinski definition) is 3. The first-order valence-corrected chi connectivity index (χ1v) is 5.32. The van der Waals surface area contributed by atoms with Crippen molar-refractivity contribution in [1.82, 2.24) is 10.6 Å². The summed E-state index contributed by atoms with van der Waals surface area (Å²) in [4.78, 5) is 11.2. The monoisotopic (exact) mass is 210 g/mol. The molecule has 0 atom stereocenters. The van der Waals surface area contributed by atoms with Gasteiger partial charge in [0.25, 0.3) is 0 Å². The van der Waals surface area contributed by atoms with Crippen molar-refractivity contribution in [3.8, 4) is 0 Å². The zero-order valence-corrected chi connectivity index (χ0v) is 9.08. The molecule has 1 aromatic rings. The van der Waals surface area contributed by atoms with E-state index in [1.165, 1.54) is 0 Å². The molecule has 0 aliphatic heterocycles. The lowest BCUT2D eigenvalue weighted by Crippen LogP contribution is -2.34. The van der Waals surface area contributed by atoms with Crippen molar-refractivity contribution in [3.63, 3.8) is 0 Å². The normalized spacial score (nSPS) is 10.2. The fourth-order valence-electron chi connectivity index (χ4n) is 1.20. The quantitative estimate of drug-likeness (QED) is 0.658. The minimum absolute atomic E-state index is 0.0521. The molecular formula is C11H18N2O2. The molecule has 1 rings (SSSR count). The molecule has 15 heavy (non-hydrogen) atoms. The van der Waals surface area contributed by atoms with Crippen LogP contribution in [-0.4, -0.2) is 25.5 Å². The highest BCUT2D eigenvalue weighted by Crippen LogP contribution is 1.98. The van der Waals surface area contributed by atoms with E-state index in [1.807, 2.05) is 19.1 Å². The van der Waals surface area contributed by atoms with Crippen LogP contribution in [0.5, 0.6) is 0 Å². The average Bonchev–Trinajstić information content (AvgIpc) is 2.74. The second-order valence-electron chi connectivity index (χ2n) is 3.36. The van der Waals surface area contributed by atoms with Gasteiger partial charge in [-0.25, -0.2) is 0 Å². The predicted octanol–water partition coefficient (Wildman–Crippen LogP) is 0.938. The Hall–Kier alpha value is -1.29. The van der Waals surface area contributed by atoms with Crippen molar-refractivity contribution in [1.29, 1.82) is 0 Å². The van der Waals surface area contributed by atoms with Gasteiger partial charge in [0.2, 0.25) is 5.91 Å². The summed E-state index contributed by atoms with van der Waals surface area (Å²) in [6, 6.07) is 3.79. The van der Waals surface area contributed by atoms with E-state index in [0.717, 1.165) is 31.7 Å². The Balaban J connectivity index is 1.99. The van der Waals surface area contributed by atoms with Gasteiger partial charge in [-0.05, 0) is 18.6 Å². The zero-order chi connectivity index (χ0) is 10.9. The van der Waals surface area contributed by atoms with E-state index in [-0.39, 0.29) is 5.91 Å². The van der Waals surface area contributed by atoms with Gasteiger partial charge in [0.15, 0.2) is 0 Å². The Labute approximate surface area is 90.0 Å². The van der Waals surface area contributed by atoms with Crippen molar-refractivity contribution >= 4 is 5.91 Å². The largest absolute Gasteiger partial charge is 0.469 e. The second-order valence-corrected chi connectivity index (χ2v) is 3.36. The third-order valence-electron chi connectivity index (χ3n) is 1.99. The molecule has 0 radical (unpaired) electrons.